The Morgan fingerprint density at radius 2 is 2.00 bits per heavy atom. The zero-order chi connectivity index (χ0) is 12.0. The summed E-state index contributed by atoms with van der Waals surface area (Å²) in [5.41, 5.74) is 0. The van der Waals surface area contributed by atoms with Gasteiger partial charge < -0.3 is 20.8 Å². The maximum absolute atomic E-state index is 11.7. The van der Waals surface area contributed by atoms with Crippen molar-refractivity contribution in [2.75, 3.05) is 19.7 Å². The van der Waals surface area contributed by atoms with Crippen molar-refractivity contribution in [3.05, 3.63) is 0 Å². The van der Waals surface area contributed by atoms with Gasteiger partial charge in [-0.25, -0.2) is 4.79 Å². The van der Waals surface area contributed by atoms with Crippen LogP contribution in [0.1, 0.15) is 19.3 Å². The lowest BCUT2D eigenvalue weighted by atomic mass is 9.97. The molecule has 0 aromatic rings. The van der Waals surface area contributed by atoms with Crippen molar-refractivity contribution in [1.82, 2.24) is 10.6 Å². The van der Waals surface area contributed by atoms with Crippen LogP contribution in [-0.4, -0.2) is 47.8 Å². The Balaban J connectivity index is 2.43. The maximum Gasteiger partial charge on any atom is 0.326 e. The van der Waals surface area contributed by atoms with Gasteiger partial charge in [0.1, 0.15) is 6.04 Å². The lowest BCUT2D eigenvalue weighted by Gasteiger charge is -2.23. The first-order valence-corrected chi connectivity index (χ1v) is 5.50. The molecule has 4 N–H and O–H groups in total. The summed E-state index contributed by atoms with van der Waals surface area (Å²) < 4.78 is 0. The minimum Gasteiger partial charge on any atom is -0.480 e. The lowest BCUT2D eigenvalue weighted by Crippen LogP contribution is -2.46. The molecule has 1 aliphatic heterocycles. The van der Waals surface area contributed by atoms with E-state index < -0.39 is 12.0 Å². The van der Waals surface area contributed by atoms with E-state index in [9.17, 15) is 9.59 Å². The van der Waals surface area contributed by atoms with E-state index in [2.05, 4.69) is 10.6 Å². The van der Waals surface area contributed by atoms with Crippen molar-refractivity contribution >= 4 is 11.9 Å². The molecule has 0 radical (unpaired) electrons. The fraction of sp³-hybridized carbons (Fsp3) is 0.800. The van der Waals surface area contributed by atoms with Crippen LogP contribution in [0.4, 0.5) is 0 Å². The quantitative estimate of drug-likeness (QED) is 0.482. The third-order valence-electron chi connectivity index (χ3n) is 2.74. The first-order valence-electron chi connectivity index (χ1n) is 5.50. The number of carbonyl (C=O) groups is 2. The molecular weight excluding hydrogens is 212 g/mol. The number of carboxylic acids is 1. The standard InChI is InChI=1S/C10H18N2O4/c13-6-3-8(10(15)16)12-9(14)7-1-4-11-5-2-7/h7-8,11,13H,1-6H2,(H,12,14)(H,15,16)/t8-/m1/s1. The topological polar surface area (TPSA) is 98.7 Å². The van der Waals surface area contributed by atoms with Crippen LogP contribution in [0.25, 0.3) is 0 Å². The van der Waals surface area contributed by atoms with E-state index in [0.29, 0.717) is 0 Å². The molecule has 0 aromatic carbocycles. The van der Waals surface area contributed by atoms with Gasteiger partial charge in [-0.3, -0.25) is 4.79 Å². The zero-order valence-electron chi connectivity index (χ0n) is 9.11. The Bertz CT molecular complexity index is 251. The molecule has 1 aliphatic rings. The summed E-state index contributed by atoms with van der Waals surface area (Å²) in [6.45, 7) is 1.33. The third kappa shape index (κ3) is 3.79. The van der Waals surface area contributed by atoms with Crippen molar-refractivity contribution in [3.8, 4) is 0 Å². The maximum atomic E-state index is 11.7. The van der Waals surface area contributed by atoms with Crippen molar-refractivity contribution in [2.24, 2.45) is 5.92 Å². The number of piperidine rings is 1. The highest BCUT2D eigenvalue weighted by atomic mass is 16.4. The Kier molecular flexibility index (Phi) is 5.21. The van der Waals surface area contributed by atoms with Crippen LogP contribution in [0.3, 0.4) is 0 Å². The molecular formula is C10H18N2O4. The van der Waals surface area contributed by atoms with Crippen molar-refractivity contribution < 1.29 is 19.8 Å². The number of rotatable bonds is 5. The van der Waals surface area contributed by atoms with Gasteiger partial charge in [-0.05, 0) is 25.9 Å². The molecule has 0 aromatic heterocycles. The second-order valence-electron chi connectivity index (χ2n) is 3.94. The van der Waals surface area contributed by atoms with Crippen LogP contribution >= 0.6 is 0 Å². The highest BCUT2D eigenvalue weighted by Gasteiger charge is 2.25. The van der Waals surface area contributed by atoms with Gasteiger partial charge in [-0.2, -0.15) is 0 Å². The first-order chi connectivity index (χ1) is 7.65. The van der Waals surface area contributed by atoms with Crippen LogP contribution in [-0.2, 0) is 9.59 Å². The van der Waals surface area contributed by atoms with Crippen LogP contribution in [0, 0.1) is 5.92 Å². The summed E-state index contributed by atoms with van der Waals surface area (Å²) in [4.78, 5) is 22.5. The minimum atomic E-state index is -1.10. The number of nitrogens with one attached hydrogen (secondary N) is 2. The Labute approximate surface area is 94.0 Å². The fourth-order valence-electron chi connectivity index (χ4n) is 1.76. The fourth-order valence-corrected chi connectivity index (χ4v) is 1.76. The largest absolute Gasteiger partial charge is 0.480 e. The van der Waals surface area contributed by atoms with Crippen LogP contribution in [0.5, 0.6) is 0 Å². The van der Waals surface area contributed by atoms with Gasteiger partial charge in [0.2, 0.25) is 5.91 Å². The number of hydrogen-bond acceptors (Lipinski definition) is 4. The molecule has 6 heteroatoms. The van der Waals surface area contributed by atoms with Gasteiger partial charge in [0, 0.05) is 18.9 Å². The summed E-state index contributed by atoms with van der Waals surface area (Å²) in [5, 5.41) is 23.1. The average molecular weight is 230 g/mol. The van der Waals surface area contributed by atoms with E-state index in [1.165, 1.54) is 0 Å². The Hall–Kier alpha value is -1.14. The lowest BCUT2D eigenvalue weighted by molar-refractivity contribution is -0.143. The van der Waals surface area contributed by atoms with Crippen molar-refractivity contribution in [3.63, 3.8) is 0 Å². The minimum absolute atomic E-state index is 0.0477. The predicted octanol–water partition coefficient (Wildman–Crippen LogP) is -1.06. The Morgan fingerprint density at radius 3 is 2.50 bits per heavy atom. The van der Waals surface area contributed by atoms with Crippen molar-refractivity contribution in [1.29, 1.82) is 0 Å². The van der Waals surface area contributed by atoms with Gasteiger partial charge in [0.05, 0.1) is 0 Å². The number of aliphatic hydroxyl groups excluding tert-OH is 1. The molecule has 1 amide bonds. The molecule has 0 saturated carbocycles. The van der Waals surface area contributed by atoms with Gasteiger partial charge in [0.15, 0.2) is 0 Å². The number of aliphatic hydroxyl groups is 1. The molecule has 16 heavy (non-hydrogen) atoms. The molecule has 6 nitrogen and oxygen atoms in total. The molecule has 0 spiro atoms. The zero-order valence-corrected chi connectivity index (χ0v) is 9.11. The summed E-state index contributed by atoms with van der Waals surface area (Å²) in [7, 11) is 0. The molecule has 1 rings (SSSR count). The second kappa shape index (κ2) is 6.44. The summed E-state index contributed by atoms with van der Waals surface area (Å²) in [5.74, 6) is -1.43. The molecule has 1 fully saturated rings. The highest BCUT2D eigenvalue weighted by molar-refractivity contribution is 5.85. The summed E-state index contributed by atoms with van der Waals surface area (Å²) in [6, 6.07) is -0.979. The highest BCUT2D eigenvalue weighted by Crippen LogP contribution is 2.12. The molecule has 0 bridgehead atoms. The predicted molar refractivity (Wildman–Crippen MR) is 56.9 cm³/mol. The molecule has 1 atom stereocenters. The number of carbonyl (C=O) groups excluding carboxylic acids is 1. The van der Waals surface area contributed by atoms with E-state index in [-0.39, 0.29) is 24.9 Å². The monoisotopic (exact) mass is 230 g/mol. The van der Waals surface area contributed by atoms with Gasteiger partial charge in [-0.1, -0.05) is 0 Å². The first kappa shape index (κ1) is 12.9. The molecule has 1 heterocycles. The van der Waals surface area contributed by atoms with Gasteiger partial charge in [0.25, 0.3) is 0 Å². The van der Waals surface area contributed by atoms with Crippen LogP contribution in [0.2, 0.25) is 0 Å². The summed E-state index contributed by atoms with van der Waals surface area (Å²) >= 11 is 0. The number of hydrogen-bond donors (Lipinski definition) is 4. The van der Waals surface area contributed by atoms with E-state index >= 15 is 0 Å². The van der Waals surface area contributed by atoms with E-state index in [1.54, 1.807) is 0 Å². The molecule has 92 valence electrons. The molecule has 1 saturated heterocycles. The SMILES string of the molecule is O=C(N[C@H](CCO)C(=O)O)C1CCNCC1. The van der Waals surface area contributed by atoms with Crippen molar-refractivity contribution in [2.45, 2.75) is 25.3 Å². The second-order valence-corrected chi connectivity index (χ2v) is 3.94. The number of carboxylic acid groups (broad SMARTS) is 1. The third-order valence-corrected chi connectivity index (χ3v) is 2.74. The number of aliphatic carboxylic acids is 1. The Morgan fingerprint density at radius 1 is 1.38 bits per heavy atom. The van der Waals surface area contributed by atoms with Gasteiger partial charge >= 0.3 is 5.97 Å². The van der Waals surface area contributed by atoms with E-state index in [4.69, 9.17) is 10.2 Å². The van der Waals surface area contributed by atoms with Gasteiger partial charge in [-0.15, -0.1) is 0 Å². The van der Waals surface area contributed by atoms with E-state index in [0.717, 1.165) is 25.9 Å². The smallest absolute Gasteiger partial charge is 0.326 e. The molecule has 0 unspecified atom stereocenters. The number of amides is 1. The van der Waals surface area contributed by atoms with Crippen LogP contribution in [0.15, 0.2) is 0 Å². The summed E-state index contributed by atoms with van der Waals surface area (Å²) in [6.07, 6.45) is 1.51. The normalized spacial score (nSPS) is 19.1. The van der Waals surface area contributed by atoms with E-state index in [1.807, 2.05) is 0 Å². The van der Waals surface area contributed by atoms with Crippen LogP contribution < -0.4 is 10.6 Å². The molecule has 0 aliphatic carbocycles. The average Bonchev–Trinajstić information content (AvgIpc) is 2.29.